The predicted molar refractivity (Wildman–Crippen MR) is 95.1 cm³/mol. The van der Waals surface area contributed by atoms with Crippen molar-refractivity contribution in [2.75, 3.05) is 13.7 Å². The Morgan fingerprint density at radius 2 is 1.83 bits per heavy atom. The molecule has 0 fully saturated rings. The van der Waals surface area contributed by atoms with E-state index < -0.39 is 0 Å². The van der Waals surface area contributed by atoms with Crippen LogP contribution < -0.4 is 10.1 Å². The topological polar surface area (TPSA) is 58.6 Å². The van der Waals surface area contributed by atoms with E-state index in [4.69, 9.17) is 4.74 Å². The molecule has 2 aromatic carbocycles. The maximum atomic E-state index is 12.4. The van der Waals surface area contributed by atoms with E-state index in [0.717, 1.165) is 16.9 Å². The van der Waals surface area contributed by atoms with E-state index in [-0.39, 0.29) is 24.5 Å². The second-order valence-corrected chi connectivity index (χ2v) is 5.92. The van der Waals surface area contributed by atoms with Crippen LogP contribution in [0, 0.1) is 0 Å². The highest BCUT2D eigenvalue weighted by Crippen LogP contribution is 2.24. The fraction of sp³-hybridized carbons (Fsp3) is 0.350. The van der Waals surface area contributed by atoms with E-state index in [1.165, 1.54) is 0 Å². The number of nitrogens with one attached hydrogen (secondary N) is 1. The molecule has 0 saturated carbocycles. The number of carbonyl (C=O) groups is 1. The standard InChI is InChI=1S/C20H25NO3/c1-15(17-9-6-10-18(14-17)24-2)13-20(23)21-19(11-12-22)16-7-4-3-5-8-16/h3-10,14-15,19,22H,11-13H2,1-2H3,(H,21,23). The van der Waals surface area contributed by atoms with Crippen LogP contribution in [0.5, 0.6) is 5.75 Å². The molecule has 128 valence electrons. The minimum absolute atomic E-state index is 0.0207. The van der Waals surface area contributed by atoms with Crippen molar-refractivity contribution in [2.24, 2.45) is 0 Å². The predicted octanol–water partition coefficient (Wildman–Crippen LogP) is 3.43. The SMILES string of the molecule is COc1cccc(C(C)CC(=O)NC(CCO)c2ccccc2)c1. The Labute approximate surface area is 143 Å². The number of aliphatic hydroxyl groups is 1. The number of hydrogen-bond acceptors (Lipinski definition) is 3. The van der Waals surface area contributed by atoms with Gasteiger partial charge in [0.1, 0.15) is 5.75 Å². The molecule has 0 heterocycles. The van der Waals surface area contributed by atoms with Crippen molar-refractivity contribution in [3.63, 3.8) is 0 Å². The summed E-state index contributed by atoms with van der Waals surface area (Å²) in [6, 6.07) is 17.4. The number of aliphatic hydroxyl groups excluding tert-OH is 1. The van der Waals surface area contributed by atoms with Gasteiger partial charge in [-0.2, -0.15) is 0 Å². The molecule has 0 saturated heterocycles. The quantitative estimate of drug-likeness (QED) is 0.781. The molecule has 0 aliphatic heterocycles. The Hall–Kier alpha value is -2.33. The zero-order valence-corrected chi connectivity index (χ0v) is 14.2. The van der Waals surface area contributed by atoms with Crippen LogP contribution in [-0.2, 0) is 4.79 Å². The minimum Gasteiger partial charge on any atom is -0.497 e. The maximum Gasteiger partial charge on any atom is 0.221 e. The molecule has 2 rings (SSSR count). The summed E-state index contributed by atoms with van der Waals surface area (Å²) in [5.74, 6) is 0.862. The lowest BCUT2D eigenvalue weighted by atomic mass is 9.96. The Balaban J connectivity index is 1.99. The number of hydrogen-bond donors (Lipinski definition) is 2. The van der Waals surface area contributed by atoms with Gasteiger partial charge < -0.3 is 15.2 Å². The molecule has 1 amide bonds. The lowest BCUT2D eigenvalue weighted by Gasteiger charge is -2.20. The second-order valence-electron chi connectivity index (χ2n) is 5.92. The minimum atomic E-state index is -0.166. The van der Waals surface area contributed by atoms with Crippen LogP contribution in [0.1, 0.15) is 42.9 Å². The molecule has 4 heteroatoms. The lowest BCUT2D eigenvalue weighted by Crippen LogP contribution is -2.30. The molecular weight excluding hydrogens is 302 g/mol. The van der Waals surface area contributed by atoms with Crippen LogP contribution >= 0.6 is 0 Å². The highest BCUT2D eigenvalue weighted by molar-refractivity contribution is 5.77. The monoisotopic (exact) mass is 327 g/mol. The number of rotatable bonds is 8. The molecular formula is C20H25NO3. The van der Waals surface area contributed by atoms with Gasteiger partial charge in [0.15, 0.2) is 0 Å². The lowest BCUT2D eigenvalue weighted by molar-refractivity contribution is -0.122. The third-order valence-corrected chi connectivity index (χ3v) is 4.11. The van der Waals surface area contributed by atoms with Crippen molar-refractivity contribution >= 4 is 5.91 Å². The normalized spacial score (nSPS) is 13.1. The zero-order chi connectivity index (χ0) is 17.4. The van der Waals surface area contributed by atoms with Gasteiger partial charge in [-0.15, -0.1) is 0 Å². The Morgan fingerprint density at radius 1 is 1.12 bits per heavy atom. The summed E-state index contributed by atoms with van der Waals surface area (Å²) in [7, 11) is 1.63. The van der Waals surface area contributed by atoms with Crippen LogP contribution in [0.25, 0.3) is 0 Å². The van der Waals surface area contributed by atoms with Gasteiger partial charge in [-0.05, 0) is 35.6 Å². The summed E-state index contributed by atoms with van der Waals surface area (Å²) < 4.78 is 5.24. The van der Waals surface area contributed by atoms with Crippen LogP contribution in [0.15, 0.2) is 54.6 Å². The summed E-state index contributed by atoms with van der Waals surface area (Å²) in [6.07, 6.45) is 0.894. The Kier molecular flexibility index (Phi) is 6.82. The van der Waals surface area contributed by atoms with Crippen molar-refractivity contribution in [2.45, 2.75) is 31.7 Å². The van der Waals surface area contributed by atoms with Gasteiger partial charge >= 0.3 is 0 Å². The van der Waals surface area contributed by atoms with Crippen molar-refractivity contribution in [3.8, 4) is 5.75 Å². The second kappa shape index (κ2) is 9.08. The molecule has 4 nitrogen and oxygen atoms in total. The van der Waals surface area contributed by atoms with Gasteiger partial charge in [0, 0.05) is 13.0 Å². The molecule has 0 aliphatic carbocycles. The number of amides is 1. The molecule has 2 atom stereocenters. The molecule has 0 aliphatic rings. The van der Waals surface area contributed by atoms with Gasteiger partial charge in [-0.25, -0.2) is 0 Å². The van der Waals surface area contributed by atoms with Crippen LogP contribution in [0.2, 0.25) is 0 Å². The van der Waals surface area contributed by atoms with Crippen molar-refractivity contribution in [3.05, 3.63) is 65.7 Å². The maximum absolute atomic E-state index is 12.4. The molecule has 0 spiro atoms. The first kappa shape index (κ1) is 18.0. The van der Waals surface area contributed by atoms with Crippen LogP contribution in [0.4, 0.5) is 0 Å². The van der Waals surface area contributed by atoms with Crippen LogP contribution in [0.3, 0.4) is 0 Å². The average molecular weight is 327 g/mol. The van der Waals surface area contributed by atoms with E-state index >= 15 is 0 Å². The fourth-order valence-electron chi connectivity index (χ4n) is 2.73. The van der Waals surface area contributed by atoms with E-state index in [0.29, 0.717) is 12.8 Å². The number of methoxy groups -OCH3 is 1. The molecule has 0 aromatic heterocycles. The first-order chi connectivity index (χ1) is 11.6. The van der Waals surface area contributed by atoms with Crippen molar-refractivity contribution in [1.82, 2.24) is 5.32 Å². The van der Waals surface area contributed by atoms with E-state index in [1.54, 1.807) is 7.11 Å². The van der Waals surface area contributed by atoms with E-state index in [1.807, 2.05) is 61.5 Å². The van der Waals surface area contributed by atoms with Crippen molar-refractivity contribution < 1.29 is 14.6 Å². The molecule has 24 heavy (non-hydrogen) atoms. The smallest absolute Gasteiger partial charge is 0.221 e. The number of carbonyl (C=O) groups excluding carboxylic acids is 1. The highest BCUT2D eigenvalue weighted by atomic mass is 16.5. The summed E-state index contributed by atoms with van der Waals surface area (Å²) >= 11 is 0. The average Bonchev–Trinajstić information content (AvgIpc) is 2.62. The van der Waals surface area contributed by atoms with Gasteiger partial charge in [0.25, 0.3) is 0 Å². The Morgan fingerprint density at radius 3 is 2.50 bits per heavy atom. The van der Waals surface area contributed by atoms with Gasteiger partial charge in [0.2, 0.25) is 5.91 Å². The third kappa shape index (κ3) is 5.10. The highest BCUT2D eigenvalue weighted by Gasteiger charge is 2.17. The van der Waals surface area contributed by atoms with E-state index in [9.17, 15) is 9.90 Å². The number of ether oxygens (including phenoxy) is 1. The zero-order valence-electron chi connectivity index (χ0n) is 14.2. The first-order valence-corrected chi connectivity index (χ1v) is 8.23. The van der Waals surface area contributed by atoms with Gasteiger partial charge in [-0.3, -0.25) is 4.79 Å². The van der Waals surface area contributed by atoms with Gasteiger partial charge in [-0.1, -0.05) is 49.4 Å². The molecule has 2 aromatic rings. The molecule has 2 unspecified atom stereocenters. The van der Waals surface area contributed by atoms with Crippen LogP contribution in [-0.4, -0.2) is 24.7 Å². The van der Waals surface area contributed by atoms with E-state index in [2.05, 4.69) is 5.32 Å². The number of benzene rings is 2. The molecule has 0 bridgehead atoms. The molecule has 0 radical (unpaired) electrons. The van der Waals surface area contributed by atoms with Crippen molar-refractivity contribution in [1.29, 1.82) is 0 Å². The fourth-order valence-corrected chi connectivity index (χ4v) is 2.73. The van der Waals surface area contributed by atoms with Gasteiger partial charge in [0.05, 0.1) is 13.2 Å². The summed E-state index contributed by atoms with van der Waals surface area (Å²) in [4.78, 5) is 12.4. The third-order valence-electron chi connectivity index (χ3n) is 4.11. The summed E-state index contributed by atoms with van der Waals surface area (Å²) in [5, 5.41) is 12.3. The largest absolute Gasteiger partial charge is 0.497 e. The Bertz CT molecular complexity index is 642. The molecule has 2 N–H and O–H groups in total. The first-order valence-electron chi connectivity index (χ1n) is 8.23. The summed E-state index contributed by atoms with van der Waals surface area (Å²) in [5.41, 5.74) is 2.08. The summed E-state index contributed by atoms with van der Waals surface area (Å²) in [6.45, 7) is 2.06.